The maximum Gasteiger partial charge on any atom is 0.326 e. The molecule has 17 heteroatoms. The monoisotopic (exact) mass is 684 g/mol. The Labute approximate surface area is 283 Å². The van der Waals surface area contributed by atoms with Gasteiger partial charge in [-0.05, 0) is 46.1 Å². The smallest absolute Gasteiger partial charge is 0.326 e. The van der Waals surface area contributed by atoms with E-state index in [-0.39, 0.29) is 18.4 Å². The van der Waals surface area contributed by atoms with E-state index in [0.717, 1.165) is 14.7 Å². The van der Waals surface area contributed by atoms with E-state index in [9.17, 15) is 43.5 Å². The zero-order chi connectivity index (χ0) is 37.8. The number of primary amides is 1. The second kappa shape index (κ2) is 19.5. The molecule has 0 aromatic rings. The maximum atomic E-state index is 13.3. The quantitative estimate of drug-likeness (QED) is 0.103. The molecule has 0 spiro atoms. The Balaban J connectivity index is 5.62. The number of amides is 7. The molecule has 0 saturated heterocycles. The normalized spacial score (nSPS) is 14.9. The molecular weight excluding hydrogens is 628 g/mol. The molecule has 0 rings (SSSR count). The molecular formula is C31H56N8O9. The van der Waals surface area contributed by atoms with Gasteiger partial charge in [-0.2, -0.15) is 0 Å². The Bertz CT molecular complexity index is 1190. The lowest BCUT2D eigenvalue weighted by Gasteiger charge is -2.36. The van der Waals surface area contributed by atoms with Crippen LogP contribution < -0.4 is 21.7 Å². The number of nitrogens with two attached hydrogens (primary N) is 1. The molecule has 274 valence electrons. The fourth-order valence-electron chi connectivity index (χ4n) is 4.85. The van der Waals surface area contributed by atoms with E-state index in [2.05, 4.69) is 16.0 Å². The van der Waals surface area contributed by atoms with E-state index in [4.69, 9.17) is 5.73 Å². The summed E-state index contributed by atoms with van der Waals surface area (Å²) in [6, 6.07) is -6.30. The molecule has 6 N–H and O–H groups in total. The fraction of sp³-hybridized carbons (Fsp3) is 0.742. The van der Waals surface area contributed by atoms with Crippen molar-refractivity contribution in [3.05, 3.63) is 0 Å². The number of rotatable bonds is 19. The lowest BCUT2D eigenvalue weighted by Crippen LogP contribution is -2.59. The summed E-state index contributed by atoms with van der Waals surface area (Å²) in [5.41, 5.74) is 5.15. The molecule has 0 aromatic carbocycles. The topological polar surface area (TPSA) is 232 Å². The summed E-state index contributed by atoms with van der Waals surface area (Å²) >= 11 is 0. The number of carboxylic acid groups (broad SMARTS) is 1. The number of hydrogen-bond acceptors (Lipinski definition) is 9. The average molecular weight is 685 g/mol. The van der Waals surface area contributed by atoms with Crippen LogP contribution in [-0.2, 0) is 38.4 Å². The molecule has 0 aromatic heterocycles. The van der Waals surface area contributed by atoms with Gasteiger partial charge in [-0.1, -0.05) is 27.7 Å². The molecule has 6 atom stereocenters. The van der Waals surface area contributed by atoms with Crippen molar-refractivity contribution in [3.63, 3.8) is 0 Å². The van der Waals surface area contributed by atoms with Gasteiger partial charge in [0, 0.05) is 28.2 Å². The summed E-state index contributed by atoms with van der Waals surface area (Å²) in [6.07, 6.45) is -0.271. The van der Waals surface area contributed by atoms with Crippen molar-refractivity contribution in [2.24, 2.45) is 17.6 Å². The average Bonchev–Trinajstić information content (AvgIpc) is 2.99. The SMILES string of the molecule is CN[C@@H](C)C(=O)N[C@@H](CC(C)C)C(=O)N(C)CC(=O)N(C)[C@@H](C)C(=O)N[C@@H](C)C(=O)N(C)[C@H](C(=O)N(C)[C@@H](CC(N)=O)C(=O)O)C(C)C. The third-order valence-corrected chi connectivity index (χ3v) is 8.12. The highest BCUT2D eigenvalue weighted by Gasteiger charge is 2.39. The van der Waals surface area contributed by atoms with Crippen LogP contribution in [0.5, 0.6) is 0 Å². The molecule has 7 amide bonds. The van der Waals surface area contributed by atoms with E-state index >= 15 is 0 Å². The van der Waals surface area contributed by atoms with Gasteiger partial charge in [0.15, 0.2) is 0 Å². The number of carboxylic acids is 1. The van der Waals surface area contributed by atoms with Gasteiger partial charge in [0.05, 0.1) is 19.0 Å². The molecule has 48 heavy (non-hydrogen) atoms. The Hall–Kier alpha value is -4.28. The highest BCUT2D eigenvalue weighted by molar-refractivity contribution is 5.96. The molecule has 0 heterocycles. The Kier molecular flexibility index (Phi) is 17.8. The molecule has 0 unspecified atom stereocenters. The number of hydrogen-bond donors (Lipinski definition) is 5. The van der Waals surface area contributed by atoms with Crippen LogP contribution in [0.15, 0.2) is 0 Å². The first-order valence-corrected chi connectivity index (χ1v) is 15.8. The van der Waals surface area contributed by atoms with E-state index in [1.54, 1.807) is 27.8 Å². The van der Waals surface area contributed by atoms with Crippen molar-refractivity contribution in [1.29, 1.82) is 0 Å². The first-order valence-electron chi connectivity index (χ1n) is 15.8. The van der Waals surface area contributed by atoms with Crippen molar-refractivity contribution in [2.45, 2.75) is 97.6 Å². The standard InChI is InChI=1S/C31H56N8O9/c1-16(2)13-21(35-26(42)18(5)33-8)29(45)36(9)15-24(41)37(10)20(7)27(43)34-19(6)28(44)39(12)25(17(3)4)30(46)38(11)22(31(47)48)14-23(32)40/h16-22,25,33H,13-15H2,1-12H3,(H2,32,40)(H,34,43)(H,35,42)(H,47,48)/t18-,19-,20-,21-,22-,25-/m0/s1. The largest absolute Gasteiger partial charge is 0.480 e. The zero-order valence-corrected chi connectivity index (χ0v) is 30.3. The van der Waals surface area contributed by atoms with Gasteiger partial charge in [0.2, 0.25) is 41.4 Å². The van der Waals surface area contributed by atoms with Gasteiger partial charge in [-0.25, -0.2) is 4.79 Å². The summed E-state index contributed by atoms with van der Waals surface area (Å²) in [6.45, 7) is 11.2. The maximum absolute atomic E-state index is 13.3. The van der Waals surface area contributed by atoms with Crippen molar-refractivity contribution < 1.29 is 43.5 Å². The van der Waals surface area contributed by atoms with E-state index in [1.807, 2.05) is 13.8 Å². The number of likely N-dealkylation sites (N-methyl/N-ethyl adjacent to an activating group) is 5. The first-order chi connectivity index (χ1) is 22.0. The number of carbonyl (C=O) groups is 8. The van der Waals surface area contributed by atoms with Crippen LogP contribution in [-0.4, -0.2) is 150 Å². The number of nitrogens with zero attached hydrogens (tertiary/aromatic N) is 4. The van der Waals surface area contributed by atoms with Crippen LogP contribution in [0.25, 0.3) is 0 Å². The number of carbonyl (C=O) groups excluding carboxylic acids is 7. The third-order valence-electron chi connectivity index (χ3n) is 8.12. The van der Waals surface area contributed by atoms with Gasteiger partial charge in [-0.3, -0.25) is 33.6 Å². The van der Waals surface area contributed by atoms with Crippen molar-refractivity contribution in [2.75, 3.05) is 41.8 Å². The van der Waals surface area contributed by atoms with Crippen LogP contribution in [0.3, 0.4) is 0 Å². The zero-order valence-electron chi connectivity index (χ0n) is 30.3. The van der Waals surface area contributed by atoms with E-state index in [1.165, 1.54) is 46.9 Å². The van der Waals surface area contributed by atoms with Gasteiger partial charge < -0.3 is 46.4 Å². The fourth-order valence-corrected chi connectivity index (χ4v) is 4.85. The second-order valence-electron chi connectivity index (χ2n) is 12.9. The summed E-state index contributed by atoms with van der Waals surface area (Å²) in [4.78, 5) is 106. The van der Waals surface area contributed by atoms with Crippen LogP contribution in [0, 0.1) is 11.8 Å². The van der Waals surface area contributed by atoms with E-state index < -0.39 is 90.0 Å². The Morgan fingerprint density at radius 1 is 0.708 bits per heavy atom. The number of nitrogens with one attached hydrogen (secondary N) is 3. The molecule has 0 aliphatic rings. The van der Waals surface area contributed by atoms with Crippen molar-refractivity contribution >= 4 is 47.3 Å². The molecule has 0 fully saturated rings. The predicted octanol–water partition coefficient (Wildman–Crippen LogP) is -1.79. The summed E-state index contributed by atoms with van der Waals surface area (Å²) in [5, 5.41) is 17.6. The molecule has 0 aliphatic heterocycles. The second-order valence-corrected chi connectivity index (χ2v) is 12.9. The summed E-state index contributed by atoms with van der Waals surface area (Å²) in [5.74, 6) is -6.26. The van der Waals surface area contributed by atoms with Gasteiger partial charge in [0.25, 0.3) is 0 Å². The Morgan fingerprint density at radius 3 is 1.69 bits per heavy atom. The molecule has 0 radical (unpaired) electrons. The first kappa shape index (κ1) is 43.7. The van der Waals surface area contributed by atoms with Gasteiger partial charge in [0.1, 0.15) is 30.2 Å². The van der Waals surface area contributed by atoms with Crippen LogP contribution in [0.1, 0.15) is 61.3 Å². The minimum atomic E-state index is -1.54. The van der Waals surface area contributed by atoms with E-state index in [0.29, 0.717) is 6.42 Å². The minimum Gasteiger partial charge on any atom is -0.480 e. The molecule has 0 aliphatic carbocycles. The van der Waals surface area contributed by atoms with Crippen molar-refractivity contribution in [3.8, 4) is 0 Å². The van der Waals surface area contributed by atoms with Crippen LogP contribution in [0.4, 0.5) is 0 Å². The highest BCUT2D eigenvalue weighted by Crippen LogP contribution is 2.17. The highest BCUT2D eigenvalue weighted by atomic mass is 16.4. The summed E-state index contributed by atoms with van der Waals surface area (Å²) < 4.78 is 0. The Morgan fingerprint density at radius 2 is 1.25 bits per heavy atom. The minimum absolute atomic E-state index is 0.0710. The summed E-state index contributed by atoms with van der Waals surface area (Å²) in [7, 11) is 6.96. The number of aliphatic carboxylic acids is 1. The van der Waals surface area contributed by atoms with Gasteiger partial charge in [-0.15, -0.1) is 0 Å². The molecule has 0 bridgehead atoms. The van der Waals surface area contributed by atoms with Gasteiger partial charge >= 0.3 is 5.97 Å². The lowest BCUT2D eigenvalue weighted by atomic mass is 9.99. The molecule has 17 nitrogen and oxygen atoms in total. The molecule has 0 saturated carbocycles. The van der Waals surface area contributed by atoms with Crippen molar-refractivity contribution in [1.82, 2.24) is 35.6 Å². The van der Waals surface area contributed by atoms with Crippen LogP contribution in [0.2, 0.25) is 0 Å². The predicted molar refractivity (Wildman–Crippen MR) is 177 cm³/mol. The third kappa shape index (κ3) is 12.7. The van der Waals surface area contributed by atoms with Crippen LogP contribution >= 0.6 is 0 Å². The lowest BCUT2D eigenvalue weighted by molar-refractivity contribution is -0.155.